The molecule has 0 aliphatic rings. The first-order valence-corrected chi connectivity index (χ1v) is 5.15. The highest BCUT2D eigenvalue weighted by Gasteiger charge is 2.14. The number of carbonyl (C=O) groups excluding carboxylic acids is 1. The van der Waals surface area contributed by atoms with Crippen molar-refractivity contribution in [1.29, 1.82) is 0 Å². The number of esters is 1. The average molecular weight is 236 g/mol. The van der Waals surface area contributed by atoms with Crippen molar-refractivity contribution in [1.82, 2.24) is 4.98 Å². The number of rotatable bonds is 1. The Balaban J connectivity index is 2.86. The summed E-state index contributed by atoms with van der Waals surface area (Å²) in [5.74, 6) is -0.403. The molecule has 0 saturated carbocycles. The zero-order valence-corrected chi connectivity index (χ0v) is 9.71. The number of fused-ring (bicyclic) bond motifs is 1. The van der Waals surface area contributed by atoms with Crippen LogP contribution in [0.25, 0.3) is 10.9 Å². The number of pyridine rings is 1. The zero-order valence-electron chi connectivity index (χ0n) is 8.95. The molecule has 0 saturated heterocycles. The minimum atomic E-state index is -0.403. The number of halogens is 1. The molecule has 0 aliphatic carbocycles. The van der Waals surface area contributed by atoms with E-state index < -0.39 is 5.97 Å². The van der Waals surface area contributed by atoms with Crippen molar-refractivity contribution in [2.75, 3.05) is 7.11 Å². The van der Waals surface area contributed by atoms with Crippen molar-refractivity contribution >= 4 is 28.5 Å². The van der Waals surface area contributed by atoms with Crippen LogP contribution in [0.1, 0.15) is 15.9 Å². The molecule has 0 bridgehead atoms. The second kappa shape index (κ2) is 4.10. The smallest absolute Gasteiger partial charge is 0.338 e. The average Bonchev–Trinajstić information content (AvgIpc) is 2.32. The number of methoxy groups -OCH3 is 1. The van der Waals surface area contributed by atoms with Gasteiger partial charge in [-0.15, -0.1) is 0 Å². The molecule has 0 radical (unpaired) electrons. The van der Waals surface area contributed by atoms with E-state index in [4.69, 9.17) is 16.3 Å². The molecular formula is C12H10ClNO2. The summed E-state index contributed by atoms with van der Waals surface area (Å²) < 4.78 is 4.71. The van der Waals surface area contributed by atoms with Crippen LogP contribution in [0.3, 0.4) is 0 Å². The van der Waals surface area contributed by atoms with Gasteiger partial charge in [-0.3, -0.25) is 4.98 Å². The Bertz CT molecular complexity index is 566. The van der Waals surface area contributed by atoms with E-state index in [9.17, 15) is 4.79 Å². The van der Waals surface area contributed by atoms with Gasteiger partial charge in [0.15, 0.2) is 0 Å². The van der Waals surface area contributed by atoms with E-state index in [-0.39, 0.29) is 0 Å². The fourth-order valence-corrected chi connectivity index (χ4v) is 1.90. The lowest BCUT2D eigenvalue weighted by Gasteiger charge is -2.07. The molecular weight excluding hydrogens is 226 g/mol. The van der Waals surface area contributed by atoms with Crippen molar-refractivity contribution in [3.8, 4) is 0 Å². The zero-order chi connectivity index (χ0) is 11.7. The fraction of sp³-hybridized carbons (Fsp3) is 0.167. The number of hydrogen-bond donors (Lipinski definition) is 0. The summed E-state index contributed by atoms with van der Waals surface area (Å²) in [7, 11) is 1.35. The van der Waals surface area contributed by atoms with Gasteiger partial charge in [0.05, 0.1) is 23.2 Å². The molecule has 2 aromatic rings. The molecule has 0 N–H and O–H groups in total. The van der Waals surface area contributed by atoms with Gasteiger partial charge in [-0.2, -0.15) is 0 Å². The molecule has 4 heteroatoms. The lowest BCUT2D eigenvalue weighted by molar-refractivity contribution is 0.0603. The molecule has 0 atom stereocenters. The molecule has 1 aromatic carbocycles. The second-order valence-electron chi connectivity index (χ2n) is 3.44. The first kappa shape index (κ1) is 10.9. The van der Waals surface area contributed by atoms with E-state index in [1.54, 1.807) is 18.3 Å². The summed E-state index contributed by atoms with van der Waals surface area (Å²) in [4.78, 5) is 15.8. The van der Waals surface area contributed by atoms with E-state index in [1.165, 1.54) is 7.11 Å². The first-order chi connectivity index (χ1) is 7.65. The summed E-state index contributed by atoms with van der Waals surface area (Å²) in [5, 5.41) is 1.16. The van der Waals surface area contributed by atoms with Crippen molar-refractivity contribution in [3.63, 3.8) is 0 Å². The topological polar surface area (TPSA) is 39.2 Å². The van der Waals surface area contributed by atoms with Crippen LogP contribution in [-0.2, 0) is 4.74 Å². The lowest BCUT2D eigenvalue weighted by Crippen LogP contribution is -2.03. The molecule has 16 heavy (non-hydrogen) atoms. The largest absolute Gasteiger partial charge is 0.465 e. The molecule has 1 aromatic heterocycles. The molecule has 0 spiro atoms. The number of aryl methyl sites for hydroxylation is 1. The van der Waals surface area contributed by atoms with Gasteiger partial charge in [0.1, 0.15) is 0 Å². The lowest BCUT2D eigenvalue weighted by atomic mass is 10.1. The monoisotopic (exact) mass is 235 g/mol. The Morgan fingerprint density at radius 1 is 1.38 bits per heavy atom. The van der Waals surface area contributed by atoms with E-state index in [1.807, 2.05) is 13.0 Å². The van der Waals surface area contributed by atoms with E-state index in [2.05, 4.69) is 4.98 Å². The van der Waals surface area contributed by atoms with Crippen LogP contribution in [0, 0.1) is 6.92 Å². The Kier molecular flexibility index (Phi) is 2.79. The van der Waals surface area contributed by atoms with E-state index in [0.29, 0.717) is 16.0 Å². The maximum Gasteiger partial charge on any atom is 0.338 e. The van der Waals surface area contributed by atoms with Crippen molar-refractivity contribution in [3.05, 3.63) is 40.5 Å². The van der Waals surface area contributed by atoms with Crippen LogP contribution < -0.4 is 0 Å². The van der Waals surface area contributed by atoms with Crippen LogP contribution in [0.4, 0.5) is 0 Å². The quantitative estimate of drug-likeness (QED) is 0.714. The summed E-state index contributed by atoms with van der Waals surface area (Å²) in [5.41, 5.74) is 2.15. The van der Waals surface area contributed by atoms with Crippen LogP contribution in [0.2, 0.25) is 5.02 Å². The Morgan fingerprint density at radius 2 is 2.12 bits per heavy atom. The molecule has 0 amide bonds. The highest BCUT2D eigenvalue weighted by molar-refractivity contribution is 6.36. The Hall–Kier alpha value is -1.61. The van der Waals surface area contributed by atoms with Gasteiger partial charge >= 0.3 is 5.97 Å². The molecule has 82 valence electrons. The van der Waals surface area contributed by atoms with Crippen LogP contribution >= 0.6 is 11.6 Å². The maximum atomic E-state index is 11.6. The standard InChI is InChI=1S/C12H10ClNO2/c1-7-3-4-9(13)10-8(12(15)16-2)5-6-14-11(7)10/h3-6H,1-2H3. The van der Waals surface area contributed by atoms with Crippen LogP contribution in [-0.4, -0.2) is 18.1 Å². The molecule has 0 aliphatic heterocycles. The number of nitrogens with zero attached hydrogens (tertiary/aromatic N) is 1. The van der Waals surface area contributed by atoms with Gasteiger partial charge < -0.3 is 4.74 Å². The number of ether oxygens (including phenoxy) is 1. The number of carbonyl (C=O) groups is 1. The molecule has 3 nitrogen and oxygen atoms in total. The third-order valence-electron chi connectivity index (χ3n) is 2.45. The van der Waals surface area contributed by atoms with Gasteiger partial charge in [0.25, 0.3) is 0 Å². The minimum absolute atomic E-state index is 0.403. The van der Waals surface area contributed by atoms with Crippen LogP contribution in [0.15, 0.2) is 24.4 Å². The number of hydrogen-bond acceptors (Lipinski definition) is 3. The highest BCUT2D eigenvalue weighted by atomic mass is 35.5. The maximum absolute atomic E-state index is 11.6. The van der Waals surface area contributed by atoms with E-state index in [0.717, 1.165) is 11.1 Å². The Morgan fingerprint density at radius 3 is 2.81 bits per heavy atom. The number of benzene rings is 1. The predicted octanol–water partition coefficient (Wildman–Crippen LogP) is 2.98. The van der Waals surface area contributed by atoms with Gasteiger partial charge in [-0.05, 0) is 24.6 Å². The van der Waals surface area contributed by atoms with Gasteiger partial charge in [-0.25, -0.2) is 4.79 Å². The van der Waals surface area contributed by atoms with Gasteiger partial charge in [0, 0.05) is 11.6 Å². The first-order valence-electron chi connectivity index (χ1n) is 4.77. The van der Waals surface area contributed by atoms with Crippen molar-refractivity contribution < 1.29 is 9.53 Å². The molecule has 2 rings (SSSR count). The van der Waals surface area contributed by atoms with E-state index >= 15 is 0 Å². The van der Waals surface area contributed by atoms with Crippen molar-refractivity contribution in [2.24, 2.45) is 0 Å². The summed E-state index contributed by atoms with van der Waals surface area (Å²) in [6.07, 6.45) is 1.58. The normalized spacial score (nSPS) is 10.4. The third-order valence-corrected chi connectivity index (χ3v) is 2.76. The van der Waals surface area contributed by atoms with Gasteiger partial charge in [0.2, 0.25) is 0 Å². The summed E-state index contributed by atoms with van der Waals surface area (Å²) in [6, 6.07) is 5.24. The Labute approximate surface area is 98.0 Å². The molecule has 1 heterocycles. The summed E-state index contributed by atoms with van der Waals surface area (Å²) >= 11 is 6.09. The minimum Gasteiger partial charge on any atom is -0.465 e. The molecule has 0 unspecified atom stereocenters. The van der Waals surface area contributed by atoms with Crippen LogP contribution in [0.5, 0.6) is 0 Å². The second-order valence-corrected chi connectivity index (χ2v) is 3.85. The van der Waals surface area contributed by atoms with Gasteiger partial charge in [-0.1, -0.05) is 17.7 Å². The SMILES string of the molecule is COC(=O)c1ccnc2c(C)ccc(Cl)c12. The third kappa shape index (κ3) is 1.63. The number of aromatic nitrogens is 1. The molecule has 0 fully saturated rings. The van der Waals surface area contributed by atoms with Crippen molar-refractivity contribution in [2.45, 2.75) is 6.92 Å². The highest BCUT2D eigenvalue weighted by Crippen LogP contribution is 2.28. The predicted molar refractivity (Wildman–Crippen MR) is 62.8 cm³/mol. The fourth-order valence-electron chi connectivity index (χ4n) is 1.64. The summed E-state index contributed by atoms with van der Waals surface area (Å²) in [6.45, 7) is 1.92.